The van der Waals surface area contributed by atoms with Crippen molar-refractivity contribution in [2.24, 2.45) is 17.8 Å². The standard InChI is InChI=1S/C54H82N4O4/c1-11-18-22-30-40(17-7)51(60)56-45-35-47(39(9)49(37-45)57-52(61)41(26-14-4)27-15-5)54(10,43-31-24-21-25-32-43)46-34-44(55-50(59)33-23-19-12-2)36-48(38(46)8)58-53(62)42(28-16-6)29-20-13-3/h21,24-25,31-32,34-37,40-42H,11-20,22-23,26-30,33H2,1-10H3,(H,55,59)(H,56,60)(H,57,61)(H,58,62). The molecule has 0 aliphatic carbocycles. The van der Waals surface area contributed by atoms with Crippen molar-refractivity contribution in [3.63, 3.8) is 0 Å². The maximum absolute atomic E-state index is 14.2. The van der Waals surface area contributed by atoms with Crippen LogP contribution in [-0.2, 0) is 24.6 Å². The molecule has 0 saturated heterocycles. The van der Waals surface area contributed by atoms with Crippen molar-refractivity contribution < 1.29 is 19.2 Å². The van der Waals surface area contributed by atoms with Gasteiger partial charge >= 0.3 is 0 Å². The van der Waals surface area contributed by atoms with Crippen LogP contribution in [0.25, 0.3) is 0 Å². The molecule has 3 atom stereocenters. The molecule has 3 aromatic carbocycles. The van der Waals surface area contributed by atoms with Crippen molar-refractivity contribution >= 4 is 46.4 Å². The first-order chi connectivity index (χ1) is 29.8. The predicted octanol–water partition coefficient (Wildman–Crippen LogP) is 14.4. The molecule has 0 aliphatic rings. The van der Waals surface area contributed by atoms with Crippen LogP contribution >= 0.6 is 0 Å². The Morgan fingerprint density at radius 2 is 0.952 bits per heavy atom. The minimum absolute atomic E-state index is 0.00815. The fourth-order valence-electron chi connectivity index (χ4n) is 9.04. The summed E-state index contributed by atoms with van der Waals surface area (Å²) in [5.74, 6) is -0.503. The number of unbranched alkanes of at least 4 members (excludes halogenated alkanes) is 5. The fourth-order valence-corrected chi connectivity index (χ4v) is 9.04. The number of benzene rings is 3. The van der Waals surface area contributed by atoms with Crippen LogP contribution in [0.3, 0.4) is 0 Å². The highest BCUT2D eigenvalue weighted by atomic mass is 16.2. The van der Waals surface area contributed by atoms with Gasteiger partial charge in [-0.15, -0.1) is 0 Å². The van der Waals surface area contributed by atoms with Crippen LogP contribution in [0.1, 0.15) is 199 Å². The highest BCUT2D eigenvalue weighted by molar-refractivity contribution is 5.98. The Kier molecular flexibility index (Phi) is 22.5. The van der Waals surface area contributed by atoms with Crippen molar-refractivity contribution in [1.29, 1.82) is 0 Å². The second-order valence-corrected chi connectivity index (χ2v) is 17.9. The van der Waals surface area contributed by atoms with Gasteiger partial charge in [0.15, 0.2) is 0 Å². The molecule has 0 heterocycles. The van der Waals surface area contributed by atoms with E-state index in [1.165, 1.54) is 0 Å². The zero-order valence-electron chi connectivity index (χ0n) is 40.3. The lowest BCUT2D eigenvalue weighted by Gasteiger charge is -2.37. The van der Waals surface area contributed by atoms with E-state index in [-0.39, 0.29) is 41.4 Å². The highest BCUT2D eigenvalue weighted by Crippen LogP contribution is 2.47. The first-order valence-electron chi connectivity index (χ1n) is 24.4. The lowest BCUT2D eigenvalue weighted by atomic mass is 9.67. The molecule has 342 valence electrons. The first-order valence-corrected chi connectivity index (χ1v) is 24.4. The third-order valence-corrected chi connectivity index (χ3v) is 12.9. The summed E-state index contributed by atoms with van der Waals surface area (Å²) in [5, 5.41) is 13.2. The molecule has 8 heteroatoms. The van der Waals surface area contributed by atoms with E-state index in [2.05, 4.69) is 101 Å². The summed E-state index contributed by atoms with van der Waals surface area (Å²) >= 11 is 0. The predicted molar refractivity (Wildman–Crippen MR) is 262 cm³/mol. The minimum Gasteiger partial charge on any atom is -0.326 e. The number of anilines is 4. The number of carbonyl (C=O) groups is 4. The van der Waals surface area contributed by atoms with Crippen LogP contribution in [0, 0.1) is 31.6 Å². The molecule has 8 nitrogen and oxygen atoms in total. The quantitative estimate of drug-likeness (QED) is 0.0430. The number of rotatable bonds is 28. The van der Waals surface area contributed by atoms with Gasteiger partial charge < -0.3 is 21.3 Å². The largest absolute Gasteiger partial charge is 0.326 e. The molecule has 0 spiro atoms. The van der Waals surface area contributed by atoms with Crippen LogP contribution in [0.2, 0.25) is 0 Å². The molecule has 3 unspecified atom stereocenters. The summed E-state index contributed by atoms with van der Waals surface area (Å²) in [7, 11) is 0. The molecule has 0 aromatic heterocycles. The number of hydrogen-bond donors (Lipinski definition) is 4. The second-order valence-electron chi connectivity index (χ2n) is 17.9. The van der Waals surface area contributed by atoms with Crippen LogP contribution in [0.5, 0.6) is 0 Å². The zero-order chi connectivity index (χ0) is 45.7. The molecule has 0 radical (unpaired) electrons. The Hall–Kier alpha value is -4.46. The van der Waals surface area contributed by atoms with Gasteiger partial charge in [0.2, 0.25) is 23.6 Å². The van der Waals surface area contributed by atoms with Gasteiger partial charge in [-0.1, -0.05) is 143 Å². The lowest BCUT2D eigenvalue weighted by molar-refractivity contribution is -0.121. The maximum atomic E-state index is 14.2. The summed E-state index contributed by atoms with van der Waals surface area (Å²) in [6, 6.07) is 18.2. The molecule has 0 fully saturated rings. The monoisotopic (exact) mass is 851 g/mol. The van der Waals surface area contributed by atoms with E-state index in [1.54, 1.807) is 0 Å². The SMILES string of the molecule is CCCCCC(=O)Nc1cc(NC(=O)C(CCC)CCCC)c(C)c(C(C)(c2ccccc2)c2cc(NC(=O)C(CC)CCCCC)cc(NC(=O)C(CCC)CCC)c2C)c1. The number of hydrogen-bond acceptors (Lipinski definition) is 4. The van der Waals surface area contributed by atoms with Gasteiger partial charge in [0.1, 0.15) is 0 Å². The van der Waals surface area contributed by atoms with Gasteiger partial charge in [-0.3, -0.25) is 19.2 Å². The van der Waals surface area contributed by atoms with E-state index < -0.39 is 5.41 Å². The Morgan fingerprint density at radius 1 is 0.500 bits per heavy atom. The van der Waals surface area contributed by atoms with Gasteiger partial charge in [0.25, 0.3) is 0 Å². The van der Waals surface area contributed by atoms with Crippen LogP contribution in [-0.4, -0.2) is 23.6 Å². The molecule has 4 N–H and O–H groups in total. The number of nitrogens with one attached hydrogen (secondary N) is 4. The summed E-state index contributed by atoms with van der Waals surface area (Å²) < 4.78 is 0. The van der Waals surface area contributed by atoms with E-state index in [0.717, 1.165) is 137 Å². The Morgan fingerprint density at radius 3 is 1.44 bits per heavy atom. The van der Waals surface area contributed by atoms with E-state index in [0.29, 0.717) is 29.2 Å². The summed E-state index contributed by atoms with van der Waals surface area (Å²) in [6.07, 6.45) is 15.8. The molecular formula is C54H82N4O4. The van der Waals surface area contributed by atoms with Crippen molar-refractivity contribution in [1.82, 2.24) is 0 Å². The van der Waals surface area contributed by atoms with Gasteiger partial charge in [0.05, 0.1) is 0 Å². The number of carbonyl (C=O) groups excluding carboxylic acids is 4. The van der Waals surface area contributed by atoms with Crippen molar-refractivity contribution in [2.45, 2.75) is 190 Å². The van der Waals surface area contributed by atoms with Gasteiger partial charge in [0, 0.05) is 52.3 Å². The Balaban J connectivity index is 2.41. The van der Waals surface area contributed by atoms with E-state index in [9.17, 15) is 19.2 Å². The average Bonchev–Trinajstić information content (AvgIpc) is 3.25. The maximum Gasteiger partial charge on any atom is 0.227 e. The first kappa shape index (κ1) is 51.9. The highest BCUT2D eigenvalue weighted by Gasteiger charge is 2.37. The van der Waals surface area contributed by atoms with Gasteiger partial charge in [-0.25, -0.2) is 0 Å². The van der Waals surface area contributed by atoms with Crippen molar-refractivity contribution in [3.05, 3.63) is 82.4 Å². The third-order valence-electron chi connectivity index (χ3n) is 12.9. The summed E-state index contributed by atoms with van der Waals surface area (Å²) in [4.78, 5) is 55.8. The average molecular weight is 851 g/mol. The van der Waals surface area contributed by atoms with Gasteiger partial charge in [-0.05, 0) is 118 Å². The van der Waals surface area contributed by atoms with Crippen molar-refractivity contribution in [2.75, 3.05) is 21.3 Å². The number of amides is 4. The van der Waals surface area contributed by atoms with Crippen LogP contribution in [0.15, 0.2) is 54.6 Å². The normalized spacial score (nSPS) is 13.3. The summed E-state index contributed by atoms with van der Waals surface area (Å²) in [5.41, 5.74) is 6.21. The van der Waals surface area contributed by atoms with Gasteiger partial charge in [-0.2, -0.15) is 0 Å². The van der Waals surface area contributed by atoms with Crippen LogP contribution < -0.4 is 21.3 Å². The zero-order valence-corrected chi connectivity index (χ0v) is 40.3. The smallest absolute Gasteiger partial charge is 0.227 e. The van der Waals surface area contributed by atoms with E-state index in [1.807, 2.05) is 44.2 Å². The minimum atomic E-state index is -0.888. The molecule has 0 bridgehead atoms. The van der Waals surface area contributed by atoms with E-state index in [4.69, 9.17) is 0 Å². The molecule has 3 aromatic rings. The molecule has 0 saturated carbocycles. The van der Waals surface area contributed by atoms with Crippen LogP contribution in [0.4, 0.5) is 22.7 Å². The second kappa shape index (κ2) is 26.9. The third kappa shape index (κ3) is 14.6. The van der Waals surface area contributed by atoms with E-state index >= 15 is 0 Å². The Bertz CT molecular complexity index is 1870. The molecule has 0 aliphatic heterocycles. The topological polar surface area (TPSA) is 116 Å². The molecule has 62 heavy (non-hydrogen) atoms. The Labute approximate surface area is 376 Å². The summed E-state index contributed by atoms with van der Waals surface area (Å²) in [6.45, 7) is 21.1. The fraction of sp³-hybridized carbons (Fsp3) is 0.593. The molecule has 3 rings (SSSR count). The lowest BCUT2D eigenvalue weighted by Crippen LogP contribution is -2.31. The molecular weight excluding hydrogens is 769 g/mol. The van der Waals surface area contributed by atoms with Crippen molar-refractivity contribution in [3.8, 4) is 0 Å². The molecule has 4 amide bonds.